The lowest BCUT2D eigenvalue weighted by molar-refractivity contribution is -0.135. The van der Waals surface area contributed by atoms with Gasteiger partial charge >= 0.3 is 0 Å². The number of carbonyl (C=O) groups excluding carboxylic acids is 1. The molecule has 0 unspecified atom stereocenters. The highest BCUT2D eigenvalue weighted by atomic mass is 16.4. The van der Waals surface area contributed by atoms with Gasteiger partial charge in [-0.05, 0) is 31.5 Å². The molecule has 1 atom stereocenters. The van der Waals surface area contributed by atoms with E-state index in [9.17, 15) is 4.79 Å². The maximum absolute atomic E-state index is 12.2. The molecular formula is C19H30N4O5. The van der Waals surface area contributed by atoms with Crippen molar-refractivity contribution >= 4 is 23.7 Å². The lowest BCUT2D eigenvalue weighted by Gasteiger charge is -2.21. The van der Waals surface area contributed by atoms with Crippen LogP contribution in [0.4, 0.5) is 0 Å². The third-order valence-electron chi connectivity index (χ3n) is 3.80. The van der Waals surface area contributed by atoms with Crippen LogP contribution in [-0.2, 0) is 20.9 Å². The van der Waals surface area contributed by atoms with E-state index in [-0.39, 0.29) is 17.8 Å². The summed E-state index contributed by atoms with van der Waals surface area (Å²) in [5.74, 6) is -1.50. The Labute approximate surface area is 165 Å². The number of carboxylic acids is 2. The molecule has 0 bridgehead atoms. The average Bonchev–Trinajstić information content (AvgIpc) is 3.08. The second-order valence-electron chi connectivity index (χ2n) is 6.15. The van der Waals surface area contributed by atoms with E-state index in [0.717, 1.165) is 45.3 Å². The average molecular weight is 394 g/mol. The lowest BCUT2D eigenvalue weighted by Crippen LogP contribution is -2.42. The number of amidine groups is 1. The molecule has 0 spiro atoms. The maximum atomic E-state index is 12.2. The monoisotopic (exact) mass is 394 g/mol. The van der Waals surface area contributed by atoms with Crippen LogP contribution in [0, 0.1) is 5.41 Å². The number of nitrogen functional groups attached to an aromatic ring is 1. The van der Waals surface area contributed by atoms with Gasteiger partial charge in [0, 0.05) is 26.0 Å². The first kappa shape index (κ1) is 25.1. The molecule has 1 aromatic rings. The van der Waals surface area contributed by atoms with Crippen LogP contribution in [-0.4, -0.2) is 57.9 Å². The highest BCUT2D eigenvalue weighted by Crippen LogP contribution is 2.16. The number of nitrogens with zero attached hydrogens (tertiary/aromatic N) is 1. The normalized spacial score (nSPS) is 15.3. The molecule has 156 valence electrons. The van der Waals surface area contributed by atoms with Gasteiger partial charge in [-0.3, -0.25) is 24.7 Å². The molecule has 0 aliphatic carbocycles. The molecule has 1 fully saturated rings. The van der Waals surface area contributed by atoms with Gasteiger partial charge in [-0.2, -0.15) is 0 Å². The molecule has 1 amide bonds. The molecule has 6 N–H and O–H groups in total. The van der Waals surface area contributed by atoms with E-state index in [2.05, 4.69) is 17.1 Å². The van der Waals surface area contributed by atoms with Gasteiger partial charge in [-0.25, -0.2) is 0 Å². The van der Waals surface area contributed by atoms with Gasteiger partial charge in [0.05, 0.1) is 6.04 Å². The van der Waals surface area contributed by atoms with Gasteiger partial charge in [0.1, 0.15) is 5.84 Å². The third-order valence-corrected chi connectivity index (χ3v) is 3.80. The van der Waals surface area contributed by atoms with Gasteiger partial charge in [0.25, 0.3) is 11.9 Å². The van der Waals surface area contributed by atoms with Crippen LogP contribution in [0.5, 0.6) is 0 Å². The van der Waals surface area contributed by atoms with Crippen LogP contribution in [0.3, 0.4) is 0 Å². The molecule has 1 heterocycles. The number of carboxylic acid groups (broad SMARTS) is 2. The second-order valence-corrected chi connectivity index (χ2v) is 6.15. The fraction of sp³-hybridized carbons (Fsp3) is 0.474. The molecule has 2 rings (SSSR count). The predicted octanol–water partition coefficient (Wildman–Crippen LogP) is 1.25. The van der Waals surface area contributed by atoms with E-state index in [1.807, 2.05) is 12.1 Å². The van der Waals surface area contributed by atoms with Gasteiger partial charge < -0.3 is 21.3 Å². The number of amides is 1. The largest absolute Gasteiger partial charge is 0.481 e. The standard InChI is InChI=1S/C15H22N4O.2C2H4O2/c1-2-19-9-3-4-13(19)15(20)18-10-11-5-7-12(8-6-11)14(16)17;2*1-2(3)4/h5-8,13H,2-4,9-10H2,1H3,(H3,16,17)(H,18,20);2*1H3,(H,3,4)/t13-;;/m0../s1. The Morgan fingerprint density at radius 1 is 1.18 bits per heavy atom. The van der Waals surface area contributed by atoms with Crippen molar-refractivity contribution in [1.82, 2.24) is 10.2 Å². The molecule has 1 aromatic carbocycles. The Kier molecular flexibility index (Phi) is 11.9. The summed E-state index contributed by atoms with van der Waals surface area (Å²) in [6, 6.07) is 7.42. The number of benzene rings is 1. The van der Waals surface area contributed by atoms with E-state index in [4.69, 9.17) is 30.9 Å². The molecule has 1 aliphatic heterocycles. The summed E-state index contributed by atoms with van der Waals surface area (Å²) < 4.78 is 0. The number of hydrogen-bond acceptors (Lipinski definition) is 5. The highest BCUT2D eigenvalue weighted by molar-refractivity contribution is 5.94. The van der Waals surface area contributed by atoms with Crippen LogP contribution in [0.1, 0.15) is 44.7 Å². The second kappa shape index (κ2) is 13.3. The lowest BCUT2D eigenvalue weighted by atomic mass is 10.1. The number of likely N-dealkylation sites (N-methyl/N-ethyl adjacent to an activating group) is 1. The molecule has 1 aliphatic rings. The van der Waals surface area contributed by atoms with E-state index in [0.29, 0.717) is 12.1 Å². The molecule has 28 heavy (non-hydrogen) atoms. The predicted molar refractivity (Wildman–Crippen MR) is 106 cm³/mol. The number of hydrogen-bond donors (Lipinski definition) is 5. The zero-order valence-electron chi connectivity index (χ0n) is 16.6. The number of nitrogens with one attached hydrogen (secondary N) is 2. The first-order valence-corrected chi connectivity index (χ1v) is 8.92. The van der Waals surface area contributed by atoms with Gasteiger partial charge in [0.2, 0.25) is 5.91 Å². The van der Waals surface area contributed by atoms with Crippen molar-refractivity contribution in [2.75, 3.05) is 13.1 Å². The molecule has 9 heteroatoms. The highest BCUT2D eigenvalue weighted by Gasteiger charge is 2.28. The summed E-state index contributed by atoms with van der Waals surface area (Å²) >= 11 is 0. The van der Waals surface area contributed by atoms with Crippen molar-refractivity contribution in [3.8, 4) is 0 Å². The topological polar surface area (TPSA) is 157 Å². The zero-order valence-corrected chi connectivity index (χ0v) is 16.6. The van der Waals surface area contributed by atoms with Gasteiger partial charge in [-0.1, -0.05) is 31.2 Å². The number of nitrogens with two attached hydrogens (primary N) is 1. The van der Waals surface area contributed by atoms with Crippen molar-refractivity contribution in [3.05, 3.63) is 35.4 Å². The summed E-state index contributed by atoms with van der Waals surface area (Å²) in [6.07, 6.45) is 2.04. The van der Waals surface area contributed by atoms with Crippen LogP contribution in [0.15, 0.2) is 24.3 Å². The van der Waals surface area contributed by atoms with Crippen molar-refractivity contribution in [3.63, 3.8) is 0 Å². The fourth-order valence-corrected chi connectivity index (χ4v) is 2.61. The zero-order chi connectivity index (χ0) is 21.7. The van der Waals surface area contributed by atoms with Crippen molar-refractivity contribution in [1.29, 1.82) is 5.41 Å². The maximum Gasteiger partial charge on any atom is 0.300 e. The third kappa shape index (κ3) is 10.9. The van der Waals surface area contributed by atoms with E-state index < -0.39 is 11.9 Å². The summed E-state index contributed by atoms with van der Waals surface area (Å²) in [7, 11) is 0. The summed E-state index contributed by atoms with van der Waals surface area (Å²) in [5, 5.41) is 25.2. The Morgan fingerprint density at radius 2 is 1.68 bits per heavy atom. The van der Waals surface area contributed by atoms with Crippen LogP contribution in [0.25, 0.3) is 0 Å². The minimum atomic E-state index is -0.833. The first-order chi connectivity index (χ1) is 13.1. The minimum Gasteiger partial charge on any atom is -0.481 e. The minimum absolute atomic E-state index is 0.0245. The SMILES string of the molecule is CC(=O)O.CC(=O)O.CCN1CCC[C@H]1C(=O)NCc1ccc(C(=N)N)cc1. The molecule has 0 aromatic heterocycles. The number of rotatable bonds is 5. The summed E-state index contributed by atoms with van der Waals surface area (Å²) in [4.78, 5) is 32.4. The van der Waals surface area contributed by atoms with E-state index in [1.54, 1.807) is 12.1 Å². The quantitative estimate of drug-likeness (QED) is 0.371. The fourth-order valence-electron chi connectivity index (χ4n) is 2.61. The van der Waals surface area contributed by atoms with Crippen molar-refractivity contribution in [2.45, 2.75) is 46.2 Å². The molecular weight excluding hydrogens is 364 g/mol. The van der Waals surface area contributed by atoms with Gasteiger partial charge in [-0.15, -0.1) is 0 Å². The molecule has 1 saturated heterocycles. The molecule has 9 nitrogen and oxygen atoms in total. The van der Waals surface area contributed by atoms with Crippen molar-refractivity contribution in [2.24, 2.45) is 5.73 Å². The molecule has 0 saturated carbocycles. The molecule has 0 radical (unpaired) electrons. The smallest absolute Gasteiger partial charge is 0.300 e. The Bertz CT molecular complexity index is 641. The summed E-state index contributed by atoms with van der Waals surface area (Å²) in [5.41, 5.74) is 7.13. The van der Waals surface area contributed by atoms with Crippen LogP contribution in [0.2, 0.25) is 0 Å². The van der Waals surface area contributed by atoms with Gasteiger partial charge in [0.15, 0.2) is 0 Å². The van der Waals surface area contributed by atoms with Crippen LogP contribution < -0.4 is 11.1 Å². The van der Waals surface area contributed by atoms with Crippen molar-refractivity contribution < 1.29 is 24.6 Å². The first-order valence-electron chi connectivity index (χ1n) is 8.92. The number of likely N-dealkylation sites (tertiary alicyclic amines) is 1. The van der Waals surface area contributed by atoms with E-state index in [1.165, 1.54) is 0 Å². The Hall–Kier alpha value is -2.94. The number of carbonyl (C=O) groups is 3. The van der Waals surface area contributed by atoms with E-state index >= 15 is 0 Å². The Morgan fingerprint density at radius 3 is 2.11 bits per heavy atom. The van der Waals surface area contributed by atoms with Crippen LogP contribution >= 0.6 is 0 Å². The summed E-state index contributed by atoms with van der Waals surface area (Å²) in [6.45, 7) is 6.71. The Balaban J connectivity index is 0.000000776. The number of aliphatic carboxylic acids is 2.